The summed E-state index contributed by atoms with van der Waals surface area (Å²) in [4.78, 5) is 13.1. The van der Waals surface area contributed by atoms with Gasteiger partial charge < -0.3 is 5.32 Å². The van der Waals surface area contributed by atoms with Crippen LogP contribution in [0, 0.1) is 24.0 Å². The molecule has 8 nitrogen and oxygen atoms in total. The molecule has 0 aromatic heterocycles. The van der Waals surface area contributed by atoms with Gasteiger partial charge in [0, 0.05) is 18.7 Å². The average Bonchev–Trinajstić information content (AvgIpc) is 2.69. The maximum absolute atomic E-state index is 12.8. The van der Waals surface area contributed by atoms with E-state index in [-0.39, 0.29) is 16.6 Å². The zero-order valence-electron chi connectivity index (χ0n) is 18.1. The Morgan fingerprint density at radius 2 is 1.70 bits per heavy atom. The Hall–Kier alpha value is -2.65. The largest absolute Gasteiger partial charge is 0.378 e. The van der Waals surface area contributed by atoms with Crippen molar-refractivity contribution in [1.82, 2.24) is 4.90 Å². The van der Waals surface area contributed by atoms with Gasteiger partial charge in [0.1, 0.15) is 5.69 Å². The van der Waals surface area contributed by atoms with E-state index in [2.05, 4.69) is 28.8 Å². The number of rotatable bonds is 10. The van der Waals surface area contributed by atoms with Gasteiger partial charge in [-0.25, -0.2) is 8.42 Å². The molecule has 2 rings (SSSR count). The van der Waals surface area contributed by atoms with Crippen LogP contribution >= 0.6 is 0 Å². The molecule has 0 bridgehead atoms. The summed E-state index contributed by atoms with van der Waals surface area (Å²) in [5.74, 6) is 0. The number of aryl methyl sites for hydroxylation is 2. The molecule has 0 amide bonds. The minimum absolute atomic E-state index is 0.156. The number of anilines is 2. The first-order chi connectivity index (χ1) is 14.1. The maximum atomic E-state index is 12.8. The molecule has 2 N–H and O–H groups in total. The summed E-state index contributed by atoms with van der Waals surface area (Å²) in [7, 11) is -3.96. The highest BCUT2D eigenvalue weighted by atomic mass is 32.2. The summed E-state index contributed by atoms with van der Waals surface area (Å²) in [6, 6.07) is 9.45. The number of likely N-dealkylation sites (N-methyl/N-ethyl adjacent to an activating group) is 1. The van der Waals surface area contributed by atoms with Gasteiger partial charge >= 0.3 is 0 Å². The van der Waals surface area contributed by atoms with Gasteiger partial charge in [-0.3, -0.25) is 19.7 Å². The van der Waals surface area contributed by atoms with Gasteiger partial charge in [0.15, 0.2) is 0 Å². The first-order valence-corrected chi connectivity index (χ1v) is 11.4. The molecule has 9 heteroatoms. The molecule has 0 radical (unpaired) electrons. The van der Waals surface area contributed by atoms with E-state index < -0.39 is 14.9 Å². The Morgan fingerprint density at radius 3 is 2.27 bits per heavy atom. The van der Waals surface area contributed by atoms with Crippen LogP contribution < -0.4 is 10.0 Å². The summed E-state index contributed by atoms with van der Waals surface area (Å²) in [6.07, 6.45) is 0. The highest BCUT2D eigenvalue weighted by molar-refractivity contribution is 7.92. The van der Waals surface area contributed by atoms with Crippen LogP contribution in [0.15, 0.2) is 41.3 Å². The van der Waals surface area contributed by atoms with Crippen molar-refractivity contribution in [2.24, 2.45) is 0 Å². The van der Waals surface area contributed by atoms with Crippen LogP contribution in [0.25, 0.3) is 0 Å². The molecule has 0 aliphatic heterocycles. The lowest BCUT2D eigenvalue weighted by atomic mass is 10.1. The third-order valence-electron chi connectivity index (χ3n) is 5.13. The van der Waals surface area contributed by atoms with Crippen LogP contribution in [0.5, 0.6) is 0 Å². The van der Waals surface area contributed by atoms with Crippen molar-refractivity contribution in [3.63, 3.8) is 0 Å². The fourth-order valence-corrected chi connectivity index (χ4v) is 4.50. The molecule has 0 aliphatic rings. The molecule has 2 aromatic rings. The fourth-order valence-electron chi connectivity index (χ4n) is 3.34. The standard InChI is InChI=1S/C21H30N4O4S/c1-6-24(7-2)17(5)14-22-20-11-9-18(13-21(20)25(26)27)30(28,29)23-19-10-8-15(3)12-16(19)4/h8-13,17,22-23H,6-7,14H2,1-5H3. The molecule has 0 aliphatic carbocycles. The second-order valence-corrected chi connectivity index (χ2v) is 8.99. The lowest BCUT2D eigenvalue weighted by molar-refractivity contribution is -0.384. The van der Waals surface area contributed by atoms with Crippen molar-refractivity contribution >= 4 is 27.1 Å². The zero-order chi connectivity index (χ0) is 22.5. The van der Waals surface area contributed by atoms with E-state index in [4.69, 9.17) is 0 Å². The van der Waals surface area contributed by atoms with Gasteiger partial charge in [0.25, 0.3) is 15.7 Å². The first kappa shape index (κ1) is 23.6. The number of sulfonamides is 1. The van der Waals surface area contributed by atoms with Gasteiger partial charge in [0.2, 0.25) is 0 Å². The van der Waals surface area contributed by atoms with Gasteiger partial charge in [-0.1, -0.05) is 31.5 Å². The number of benzene rings is 2. The van der Waals surface area contributed by atoms with Crippen LogP contribution in [0.1, 0.15) is 31.9 Å². The van der Waals surface area contributed by atoms with E-state index in [9.17, 15) is 18.5 Å². The topological polar surface area (TPSA) is 105 Å². The van der Waals surface area contributed by atoms with Crippen molar-refractivity contribution < 1.29 is 13.3 Å². The summed E-state index contributed by atoms with van der Waals surface area (Å²) in [5, 5.41) is 14.7. The number of hydrogen-bond acceptors (Lipinski definition) is 6. The minimum Gasteiger partial charge on any atom is -0.378 e. The van der Waals surface area contributed by atoms with Crippen molar-refractivity contribution in [2.75, 3.05) is 29.7 Å². The second-order valence-electron chi connectivity index (χ2n) is 7.31. The molecule has 1 unspecified atom stereocenters. The number of nitrogens with one attached hydrogen (secondary N) is 2. The summed E-state index contributed by atoms with van der Waals surface area (Å²) in [5.41, 5.74) is 2.26. The van der Waals surface area contributed by atoms with Crippen LogP contribution in [0.2, 0.25) is 0 Å². The fraction of sp³-hybridized carbons (Fsp3) is 0.429. The first-order valence-electron chi connectivity index (χ1n) is 9.95. The van der Waals surface area contributed by atoms with Crippen molar-refractivity contribution in [1.29, 1.82) is 0 Å². The normalized spacial score (nSPS) is 12.6. The van der Waals surface area contributed by atoms with E-state index in [0.29, 0.717) is 17.9 Å². The average molecular weight is 435 g/mol. The van der Waals surface area contributed by atoms with E-state index in [0.717, 1.165) is 30.3 Å². The molecule has 1 atom stereocenters. The van der Waals surface area contributed by atoms with E-state index in [1.54, 1.807) is 19.1 Å². The Balaban J connectivity index is 2.28. The second kappa shape index (κ2) is 9.90. The molecule has 164 valence electrons. The smallest absolute Gasteiger partial charge is 0.293 e. The van der Waals surface area contributed by atoms with E-state index in [1.807, 2.05) is 19.9 Å². The Morgan fingerprint density at radius 1 is 1.07 bits per heavy atom. The molecule has 0 spiro atoms. The van der Waals surface area contributed by atoms with E-state index >= 15 is 0 Å². The van der Waals surface area contributed by atoms with Gasteiger partial charge in [-0.2, -0.15) is 0 Å². The number of nitro benzene ring substituents is 1. The molecule has 2 aromatic carbocycles. The van der Waals surface area contributed by atoms with Crippen LogP contribution in [-0.4, -0.2) is 43.9 Å². The maximum Gasteiger partial charge on any atom is 0.293 e. The highest BCUT2D eigenvalue weighted by Crippen LogP contribution is 2.29. The van der Waals surface area contributed by atoms with E-state index in [1.165, 1.54) is 12.1 Å². The van der Waals surface area contributed by atoms with Crippen LogP contribution in [0.3, 0.4) is 0 Å². The molecular formula is C21H30N4O4S. The molecule has 30 heavy (non-hydrogen) atoms. The lowest BCUT2D eigenvalue weighted by Crippen LogP contribution is -2.37. The monoisotopic (exact) mass is 434 g/mol. The van der Waals surface area contributed by atoms with Crippen LogP contribution in [-0.2, 0) is 10.0 Å². The summed E-state index contributed by atoms with van der Waals surface area (Å²) in [6.45, 7) is 12.1. The van der Waals surface area contributed by atoms with Crippen molar-refractivity contribution in [2.45, 2.75) is 45.6 Å². The Bertz CT molecular complexity index is 1000. The molecule has 0 saturated heterocycles. The molecule has 0 heterocycles. The third-order valence-corrected chi connectivity index (χ3v) is 6.49. The lowest BCUT2D eigenvalue weighted by Gasteiger charge is -2.26. The van der Waals surface area contributed by atoms with Crippen LogP contribution in [0.4, 0.5) is 17.1 Å². The zero-order valence-corrected chi connectivity index (χ0v) is 18.9. The van der Waals surface area contributed by atoms with Gasteiger partial charge in [-0.15, -0.1) is 0 Å². The van der Waals surface area contributed by atoms with Crippen molar-refractivity contribution in [3.05, 3.63) is 57.6 Å². The number of nitrogens with zero attached hydrogens (tertiary/aromatic N) is 2. The van der Waals surface area contributed by atoms with Gasteiger partial charge in [-0.05, 0) is 57.6 Å². The SMILES string of the molecule is CCN(CC)C(C)CNc1ccc(S(=O)(=O)Nc2ccc(C)cc2C)cc1[N+](=O)[O-]. The Labute approximate surface area is 178 Å². The number of nitro groups is 1. The predicted octanol–water partition coefficient (Wildman–Crippen LogP) is 4.15. The summed E-state index contributed by atoms with van der Waals surface area (Å²) >= 11 is 0. The highest BCUT2D eigenvalue weighted by Gasteiger charge is 2.22. The molecule has 0 fully saturated rings. The van der Waals surface area contributed by atoms with Gasteiger partial charge in [0.05, 0.1) is 15.5 Å². The molecular weight excluding hydrogens is 404 g/mol. The summed E-state index contributed by atoms with van der Waals surface area (Å²) < 4.78 is 28.1. The number of hydrogen-bond donors (Lipinski definition) is 2. The Kier molecular flexibility index (Phi) is 7.80. The minimum atomic E-state index is -3.96. The van der Waals surface area contributed by atoms with Crippen molar-refractivity contribution in [3.8, 4) is 0 Å². The molecule has 0 saturated carbocycles. The third kappa shape index (κ3) is 5.70. The predicted molar refractivity (Wildman–Crippen MR) is 121 cm³/mol. The quantitative estimate of drug-likeness (QED) is 0.430.